The van der Waals surface area contributed by atoms with Crippen LogP contribution in [0, 0.1) is 11.3 Å². The van der Waals surface area contributed by atoms with Gasteiger partial charge >= 0.3 is 6.18 Å². The molecule has 1 fully saturated rings. The third-order valence-electron chi connectivity index (χ3n) is 6.68. The SMILES string of the molecule is N#CCn1cc(-c2cnc3c(Nc4ccc(C(=O)NCC(=O)NC5CC(N)C5)c(Cl)c4OC=O)nccn23)c(C(F)(F)F)n1. The minimum atomic E-state index is -4.81. The van der Waals surface area contributed by atoms with E-state index in [1.165, 1.54) is 35.1 Å². The molecule has 44 heavy (non-hydrogen) atoms. The Balaban J connectivity index is 1.41. The molecule has 1 saturated carbocycles. The minimum Gasteiger partial charge on any atom is -0.425 e. The van der Waals surface area contributed by atoms with Gasteiger partial charge in [-0.25, -0.2) is 9.97 Å². The first-order valence-electron chi connectivity index (χ1n) is 12.9. The van der Waals surface area contributed by atoms with Crippen LogP contribution in [0.2, 0.25) is 5.02 Å². The molecule has 0 atom stereocenters. The maximum atomic E-state index is 13.8. The van der Waals surface area contributed by atoms with Gasteiger partial charge in [0.25, 0.3) is 12.4 Å². The summed E-state index contributed by atoms with van der Waals surface area (Å²) in [6, 6.07) is 4.41. The first-order chi connectivity index (χ1) is 21.0. The highest BCUT2D eigenvalue weighted by Crippen LogP contribution is 2.39. The summed E-state index contributed by atoms with van der Waals surface area (Å²) in [7, 11) is 0. The molecule has 3 aromatic heterocycles. The molecular formula is C26H22ClF3N10O4. The molecule has 14 nitrogen and oxygen atoms in total. The maximum Gasteiger partial charge on any atom is 0.435 e. The zero-order chi connectivity index (χ0) is 31.6. The molecule has 18 heteroatoms. The number of ether oxygens (including phenoxy) is 1. The fourth-order valence-electron chi connectivity index (χ4n) is 4.61. The highest BCUT2D eigenvalue weighted by Gasteiger charge is 2.38. The van der Waals surface area contributed by atoms with Crippen LogP contribution < -0.4 is 26.4 Å². The van der Waals surface area contributed by atoms with Crippen LogP contribution in [0.25, 0.3) is 16.9 Å². The van der Waals surface area contributed by atoms with Crippen molar-refractivity contribution in [3.63, 3.8) is 0 Å². The monoisotopic (exact) mass is 630 g/mol. The van der Waals surface area contributed by atoms with Crippen LogP contribution >= 0.6 is 11.6 Å². The second kappa shape index (κ2) is 12.2. The number of nitrogens with zero attached hydrogens (tertiary/aromatic N) is 6. The number of carbonyl (C=O) groups is 3. The smallest absolute Gasteiger partial charge is 0.425 e. The summed E-state index contributed by atoms with van der Waals surface area (Å²) in [6.45, 7) is -0.639. The molecule has 1 aliphatic rings. The molecule has 4 aromatic rings. The number of aromatic nitrogens is 5. The van der Waals surface area contributed by atoms with Gasteiger partial charge in [0.2, 0.25) is 5.91 Å². The Morgan fingerprint density at radius 1 is 1.27 bits per heavy atom. The number of alkyl halides is 3. The summed E-state index contributed by atoms with van der Waals surface area (Å²) in [5, 5.41) is 20.2. The van der Waals surface area contributed by atoms with Gasteiger partial charge in [-0.3, -0.25) is 23.5 Å². The number of nitriles is 1. The first kappa shape index (κ1) is 30.3. The molecule has 0 aliphatic heterocycles. The Morgan fingerprint density at radius 2 is 2.05 bits per heavy atom. The number of benzene rings is 1. The molecule has 228 valence electrons. The summed E-state index contributed by atoms with van der Waals surface area (Å²) in [5.41, 5.74) is 4.25. The van der Waals surface area contributed by atoms with Crippen molar-refractivity contribution >= 4 is 47.0 Å². The summed E-state index contributed by atoms with van der Waals surface area (Å²) in [6.07, 6.45) is 1.43. The Morgan fingerprint density at radius 3 is 2.73 bits per heavy atom. The number of hydrogen-bond donors (Lipinski definition) is 4. The number of anilines is 2. The van der Waals surface area contributed by atoms with Crippen molar-refractivity contribution in [1.29, 1.82) is 5.26 Å². The van der Waals surface area contributed by atoms with Gasteiger partial charge in [-0.1, -0.05) is 11.6 Å². The third-order valence-corrected chi connectivity index (χ3v) is 7.05. The van der Waals surface area contributed by atoms with Crippen molar-refractivity contribution in [3.05, 3.63) is 53.2 Å². The number of fused-ring (bicyclic) bond motifs is 1. The molecule has 0 bridgehead atoms. The second-order valence-corrected chi connectivity index (χ2v) is 10.1. The lowest BCUT2D eigenvalue weighted by Crippen LogP contribution is -2.52. The number of rotatable bonds is 10. The summed E-state index contributed by atoms with van der Waals surface area (Å²) in [5.74, 6) is -1.34. The zero-order valence-corrected chi connectivity index (χ0v) is 23.2. The molecule has 5 N–H and O–H groups in total. The van der Waals surface area contributed by atoms with Crippen LogP contribution in [0.15, 0.2) is 36.9 Å². The second-order valence-electron chi connectivity index (χ2n) is 9.68. The molecule has 0 unspecified atom stereocenters. The molecule has 5 rings (SSSR count). The fourth-order valence-corrected chi connectivity index (χ4v) is 4.91. The number of nitrogens with two attached hydrogens (primary N) is 1. The average Bonchev–Trinajstić information content (AvgIpc) is 3.58. The minimum absolute atomic E-state index is 0.0144. The standard InChI is InChI=1S/C26H22ClF3N10O4/c27-20-15(25(43)35-10-19(42)36-14-7-13(32)8-14)1-2-17(21(20)44-12-41)37-23-24-34-9-18(40(24)6-4-33-23)16-11-39(5-3-31)38-22(16)26(28,29)30/h1-2,4,6,9,11-14H,5,7-8,10,32H2,(H,33,37)(H,35,43)(H,36,42). The van der Waals surface area contributed by atoms with Gasteiger partial charge in [0.15, 0.2) is 22.9 Å². The van der Waals surface area contributed by atoms with E-state index in [9.17, 15) is 27.6 Å². The molecule has 1 aliphatic carbocycles. The van der Waals surface area contributed by atoms with Gasteiger partial charge in [-0.2, -0.15) is 23.5 Å². The maximum absolute atomic E-state index is 13.8. The van der Waals surface area contributed by atoms with Gasteiger partial charge in [0.1, 0.15) is 6.54 Å². The molecule has 2 amide bonds. The highest BCUT2D eigenvalue weighted by molar-refractivity contribution is 6.36. The van der Waals surface area contributed by atoms with Crippen LogP contribution in [0.1, 0.15) is 28.9 Å². The average molecular weight is 631 g/mol. The number of halogens is 4. The Hall–Kier alpha value is -5.21. The first-order valence-corrected chi connectivity index (χ1v) is 13.2. The summed E-state index contributed by atoms with van der Waals surface area (Å²) in [4.78, 5) is 44.6. The molecule has 3 heterocycles. The lowest BCUT2D eigenvalue weighted by atomic mass is 9.88. The van der Waals surface area contributed by atoms with E-state index < -0.39 is 30.2 Å². The molecular weight excluding hydrogens is 609 g/mol. The van der Waals surface area contributed by atoms with Crippen molar-refractivity contribution in [3.8, 4) is 23.1 Å². The highest BCUT2D eigenvalue weighted by atomic mass is 35.5. The Labute approximate surface area is 250 Å². The Bertz CT molecular complexity index is 1790. The van der Waals surface area contributed by atoms with E-state index >= 15 is 0 Å². The predicted octanol–water partition coefficient (Wildman–Crippen LogP) is 2.40. The van der Waals surface area contributed by atoms with E-state index in [0.717, 1.165) is 10.9 Å². The molecule has 0 saturated heterocycles. The van der Waals surface area contributed by atoms with E-state index in [1.54, 1.807) is 6.07 Å². The van der Waals surface area contributed by atoms with E-state index in [-0.39, 0.29) is 69.8 Å². The van der Waals surface area contributed by atoms with Crippen LogP contribution in [-0.2, 0) is 22.3 Å². The van der Waals surface area contributed by atoms with Crippen LogP contribution in [0.4, 0.5) is 24.7 Å². The van der Waals surface area contributed by atoms with E-state index in [2.05, 4.69) is 31.0 Å². The van der Waals surface area contributed by atoms with E-state index in [4.69, 9.17) is 27.3 Å². The lowest BCUT2D eigenvalue weighted by Gasteiger charge is -2.32. The number of imidazole rings is 1. The predicted molar refractivity (Wildman–Crippen MR) is 148 cm³/mol. The topological polar surface area (TPSA) is 194 Å². The Kier molecular flexibility index (Phi) is 8.38. The molecule has 0 radical (unpaired) electrons. The van der Waals surface area contributed by atoms with Crippen LogP contribution in [0.3, 0.4) is 0 Å². The lowest BCUT2D eigenvalue weighted by molar-refractivity contribution is -0.141. The van der Waals surface area contributed by atoms with Crippen molar-refractivity contribution in [2.75, 3.05) is 11.9 Å². The number of nitrogens with one attached hydrogen (secondary N) is 3. The van der Waals surface area contributed by atoms with Gasteiger partial charge in [0.05, 0.1) is 46.3 Å². The van der Waals surface area contributed by atoms with Gasteiger partial charge < -0.3 is 26.4 Å². The fraction of sp³-hybridized carbons (Fsp3) is 0.269. The number of amides is 2. The van der Waals surface area contributed by atoms with Crippen molar-refractivity contribution in [1.82, 2.24) is 34.8 Å². The van der Waals surface area contributed by atoms with Crippen molar-refractivity contribution in [2.24, 2.45) is 5.73 Å². The van der Waals surface area contributed by atoms with E-state index in [1.807, 2.05) is 0 Å². The summed E-state index contributed by atoms with van der Waals surface area (Å²) >= 11 is 6.41. The number of hydrogen-bond acceptors (Lipinski definition) is 10. The molecule has 1 aromatic carbocycles. The quantitative estimate of drug-likeness (QED) is 0.189. The molecule has 0 spiro atoms. The van der Waals surface area contributed by atoms with Crippen molar-refractivity contribution < 1.29 is 32.3 Å². The summed E-state index contributed by atoms with van der Waals surface area (Å²) < 4.78 is 48.5. The van der Waals surface area contributed by atoms with Crippen molar-refractivity contribution in [2.45, 2.75) is 37.6 Å². The zero-order valence-electron chi connectivity index (χ0n) is 22.4. The third kappa shape index (κ3) is 6.11. The van der Waals surface area contributed by atoms with Crippen LogP contribution in [-0.4, -0.2) is 61.1 Å². The van der Waals surface area contributed by atoms with Gasteiger partial charge in [-0.15, -0.1) is 0 Å². The van der Waals surface area contributed by atoms with Crippen LogP contribution in [0.5, 0.6) is 5.75 Å². The van der Waals surface area contributed by atoms with Gasteiger partial charge in [-0.05, 0) is 25.0 Å². The number of carbonyl (C=O) groups excluding carboxylic acids is 3. The van der Waals surface area contributed by atoms with E-state index in [0.29, 0.717) is 12.8 Å². The van der Waals surface area contributed by atoms with Gasteiger partial charge in [0, 0.05) is 30.7 Å². The normalized spacial score (nSPS) is 16.1. The largest absolute Gasteiger partial charge is 0.435 e.